The maximum atomic E-state index is 12.5. The Morgan fingerprint density at radius 3 is 2.68 bits per heavy atom. The largest absolute Gasteiger partial charge is 0.361 e. The van der Waals surface area contributed by atoms with Crippen LogP contribution in [0.5, 0.6) is 0 Å². The van der Waals surface area contributed by atoms with E-state index in [1.54, 1.807) is 4.90 Å². The first-order valence-electron chi connectivity index (χ1n) is 7.22. The van der Waals surface area contributed by atoms with Crippen molar-refractivity contribution in [1.29, 1.82) is 0 Å². The van der Waals surface area contributed by atoms with E-state index in [0.29, 0.717) is 12.1 Å². The maximum absolute atomic E-state index is 12.5. The molecule has 0 saturated heterocycles. The molecular formula is C18H17BrN2O. The molecule has 2 aromatic carbocycles. The van der Waals surface area contributed by atoms with Crippen LogP contribution in [0.15, 0.2) is 59.2 Å². The predicted molar refractivity (Wildman–Crippen MR) is 93.1 cm³/mol. The SMILES string of the molecule is CN(CCc1c[nH]c2ccccc12)C(=O)c1ccccc1Br. The van der Waals surface area contributed by atoms with Crippen LogP contribution in [0.4, 0.5) is 0 Å². The molecule has 0 aliphatic heterocycles. The van der Waals surface area contributed by atoms with Crippen molar-refractivity contribution in [3.63, 3.8) is 0 Å². The van der Waals surface area contributed by atoms with Crippen molar-refractivity contribution in [3.05, 3.63) is 70.3 Å². The molecule has 0 fully saturated rings. The van der Waals surface area contributed by atoms with Crippen LogP contribution in [0.2, 0.25) is 0 Å². The summed E-state index contributed by atoms with van der Waals surface area (Å²) in [5.41, 5.74) is 3.07. The lowest BCUT2D eigenvalue weighted by atomic mass is 10.1. The van der Waals surface area contributed by atoms with E-state index in [1.807, 2.05) is 49.6 Å². The fraction of sp³-hybridized carbons (Fsp3) is 0.167. The van der Waals surface area contributed by atoms with E-state index in [2.05, 4.69) is 33.0 Å². The molecule has 3 rings (SSSR count). The van der Waals surface area contributed by atoms with Crippen molar-refractivity contribution in [2.24, 2.45) is 0 Å². The zero-order valence-electron chi connectivity index (χ0n) is 12.3. The Morgan fingerprint density at radius 1 is 1.14 bits per heavy atom. The summed E-state index contributed by atoms with van der Waals surface area (Å²) >= 11 is 3.44. The van der Waals surface area contributed by atoms with Crippen molar-refractivity contribution in [2.45, 2.75) is 6.42 Å². The van der Waals surface area contributed by atoms with Gasteiger partial charge >= 0.3 is 0 Å². The number of rotatable bonds is 4. The Morgan fingerprint density at radius 2 is 1.86 bits per heavy atom. The Hall–Kier alpha value is -2.07. The summed E-state index contributed by atoms with van der Waals surface area (Å²) in [6, 6.07) is 15.8. The molecule has 1 N–H and O–H groups in total. The van der Waals surface area contributed by atoms with Crippen molar-refractivity contribution in [3.8, 4) is 0 Å². The number of carbonyl (C=O) groups excluding carboxylic acids is 1. The number of likely N-dealkylation sites (N-methyl/N-ethyl adjacent to an activating group) is 1. The molecule has 4 heteroatoms. The summed E-state index contributed by atoms with van der Waals surface area (Å²) < 4.78 is 0.832. The lowest BCUT2D eigenvalue weighted by molar-refractivity contribution is 0.0796. The molecule has 0 aliphatic rings. The van der Waals surface area contributed by atoms with Gasteiger partial charge in [0.05, 0.1) is 5.56 Å². The number of hydrogen-bond acceptors (Lipinski definition) is 1. The highest BCUT2D eigenvalue weighted by Crippen LogP contribution is 2.20. The van der Waals surface area contributed by atoms with E-state index in [-0.39, 0.29) is 5.91 Å². The minimum Gasteiger partial charge on any atom is -0.361 e. The molecule has 3 aromatic rings. The number of nitrogens with one attached hydrogen (secondary N) is 1. The predicted octanol–water partition coefficient (Wildman–Crippen LogP) is 4.25. The van der Waals surface area contributed by atoms with Crippen LogP contribution in [-0.4, -0.2) is 29.4 Å². The van der Waals surface area contributed by atoms with Crippen molar-refractivity contribution in [1.82, 2.24) is 9.88 Å². The first-order chi connectivity index (χ1) is 10.7. The molecule has 3 nitrogen and oxygen atoms in total. The van der Waals surface area contributed by atoms with Crippen molar-refractivity contribution >= 4 is 32.7 Å². The molecule has 112 valence electrons. The van der Waals surface area contributed by atoms with Crippen molar-refractivity contribution < 1.29 is 4.79 Å². The number of benzene rings is 2. The Labute approximate surface area is 138 Å². The molecule has 0 unspecified atom stereocenters. The summed E-state index contributed by atoms with van der Waals surface area (Å²) in [7, 11) is 1.84. The summed E-state index contributed by atoms with van der Waals surface area (Å²) in [6.45, 7) is 0.683. The van der Waals surface area contributed by atoms with Crippen LogP contribution in [0, 0.1) is 0 Å². The van der Waals surface area contributed by atoms with Gasteiger partial charge in [-0.15, -0.1) is 0 Å². The van der Waals surface area contributed by atoms with Crippen LogP contribution < -0.4 is 0 Å². The quantitative estimate of drug-likeness (QED) is 0.745. The van der Waals surface area contributed by atoms with Gasteiger partial charge in [0, 0.05) is 35.2 Å². The molecule has 0 radical (unpaired) electrons. The minimum atomic E-state index is 0.0346. The number of aromatic amines is 1. The fourth-order valence-electron chi connectivity index (χ4n) is 2.57. The second kappa shape index (κ2) is 6.36. The van der Waals surface area contributed by atoms with E-state index in [1.165, 1.54) is 10.9 Å². The average molecular weight is 357 g/mol. The summed E-state index contributed by atoms with van der Waals surface area (Å²) in [4.78, 5) is 17.5. The maximum Gasteiger partial charge on any atom is 0.254 e. The minimum absolute atomic E-state index is 0.0346. The van der Waals surface area contributed by atoms with E-state index in [9.17, 15) is 4.79 Å². The second-order valence-corrected chi connectivity index (χ2v) is 6.17. The lowest BCUT2D eigenvalue weighted by Gasteiger charge is -2.17. The van der Waals surface area contributed by atoms with Gasteiger partial charge in [0.2, 0.25) is 0 Å². The van der Waals surface area contributed by atoms with E-state index < -0.39 is 0 Å². The highest BCUT2D eigenvalue weighted by Gasteiger charge is 2.14. The van der Waals surface area contributed by atoms with Crippen LogP contribution >= 0.6 is 15.9 Å². The van der Waals surface area contributed by atoms with Gasteiger partial charge in [0.15, 0.2) is 0 Å². The molecule has 0 saturated carbocycles. The number of para-hydroxylation sites is 1. The fourth-order valence-corrected chi connectivity index (χ4v) is 3.02. The molecule has 22 heavy (non-hydrogen) atoms. The van der Waals surface area contributed by atoms with Crippen molar-refractivity contribution in [2.75, 3.05) is 13.6 Å². The Balaban J connectivity index is 1.71. The van der Waals surface area contributed by atoms with Gasteiger partial charge in [-0.25, -0.2) is 0 Å². The van der Waals surface area contributed by atoms with E-state index in [0.717, 1.165) is 16.4 Å². The first-order valence-corrected chi connectivity index (χ1v) is 8.01. The molecular weight excluding hydrogens is 340 g/mol. The first kappa shape index (κ1) is 14.9. The molecule has 0 bridgehead atoms. The van der Waals surface area contributed by atoms with Crippen LogP contribution in [0.3, 0.4) is 0 Å². The smallest absolute Gasteiger partial charge is 0.254 e. The number of H-pyrrole nitrogens is 1. The third-order valence-electron chi connectivity index (χ3n) is 3.84. The highest BCUT2D eigenvalue weighted by molar-refractivity contribution is 9.10. The van der Waals surface area contributed by atoms with Gasteiger partial charge in [-0.05, 0) is 46.1 Å². The summed E-state index contributed by atoms with van der Waals surface area (Å²) in [5, 5.41) is 1.23. The van der Waals surface area contributed by atoms with Gasteiger partial charge in [0.1, 0.15) is 0 Å². The number of aromatic nitrogens is 1. The van der Waals surface area contributed by atoms with Crippen LogP contribution in [0.1, 0.15) is 15.9 Å². The average Bonchev–Trinajstić information content (AvgIpc) is 2.95. The van der Waals surface area contributed by atoms with Crippen LogP contribution in [-0.2, 0) is 6.42 Å². The zero-order chi connectivity index (χ0) is 15.5. The third-order valence-corrected chi connectivity index (χ3v) is 4.53. The third kappa shape index (κ3) is 2.92. The monoisotopic (exact) mass is 356 g/mol. The van der Waals surface area contributed by atoms with Gasteiger partial charge in [-0.3, -0.25) is 4.79 Å². The number of carbonyl (C=O) groups is 1. The lowest BCUT2D eigenvalue weighted by Crippen LogP contribution is -2.29. The number of nitrogens with zero attached hydrogens (tertiary/aromatic N) is 1. The van der Waals surface area contributed by atoms with Gasteiger partial charge in [-0.1, -0.05) is 30.3 Å². The zero-order valence-corrected chi connectivity index (χ0v) is 13.9. The topological polar surface area (TPSA) is 36.1 Å². The molecule has 0 atom stereocenters. The summed E-state index contributed by atoms with van der Waals surface area (Å²) in [6.07, 6.45) is 2.86. The van der Waals surface area contributed by atoms with Gasteiger partial charge in [-0.2, -0.15) is 0 Å². The van der Waals surface area contributed by atoms with Gasteiger partial charge < -0.3 is 9.88 Å². The highest BCUT2D eigenvalue weighted by atomic mass is 79.9. The number of fused-ring (bicyclic) bond motifs is 1. The molecule has 1 aromatic heterocycles. The van der Waals surface area contributed by atoms with Crippen LogP contribution in [0.25, 0.3) is 10.9 Å². The standard InChI is InChI=1S/C18H17BrN2O/c1-21(18(22)15-7-2-4-8-16(15)19)11-10-13-12-20-17-9-5-3-6-14(13)17/h2-9,12,20H,10-11H2,1H3. The molecule has 0 aliphatic carbocycles. The van der Waals surface area contributed by atoms with E-state index in [4.69, 9.17) is 0 Å². The Kier molecular flexibility index (Phi) is 4.29. The molecule has 1 heterocycles. The number of hydrogen-bond donors (Lipinski definition) is 1. The second-order valence-electron chi connectivity index (χ2n) is 5.32. The normalized spacial score (nSPS) is 10.8. The van der Waals surface area contributed by atoms with E-state index >= 15 is 0 Å². The molecule has 1 amide bonds. The molecule has 0 spiro atoms. The summed E-state index contributed by atoms with van der Waals surface area (Å²) in [5.74, 6) is 0.0346. The number of amides is 1. The Bertz CT molecular complexity index is 809. The number of halogens is 1. The van der Waals surface area contributed by atoms with Gasteiger partial charge in [0.25, 0.3) is 5.91 Å².